The lowest BCUT2D eigenvalue weighted by atomic mass is 10.1. The van der Waals surface area contributed by atoms with Crippen molar-refractivity contribution in [2.75, 3.05) is 26.8 Å². The second kappa shape index (κ2) is 12.8. The van der Waals surface area contributed by atoms with Gasteiger partial charge in [-0.1, -0.05) is 83.9 Å². The highest BCUT2D eigenvalue weighted by atomic mass is 35.5. The summed E-state index contributed by atoms with van der Waals surface area (Å²) >= 11 is 12.7. The molecule has 0 N–H and O–H groups in total. The second-order valence-electron chi connectivity index (χ2n) is 9.63. The Hall–Kier alpha value is -3.13. The molecule has 6 nitrogen and oxygen atoms in total. The smallest absolute Gasteiger partial charge is 0.215 e. The summed E-state index contributed by atoms with van der Waals surface area (Å²) in [5.41, 5.74) is 3.14. The molecule has 0 aliphatic carbocycles. The summed E-state index contributed by atoms with van der Waals surface area (Å²) in [4.78, 5) is 6.40. The number of halogens is 2. The average Bonchev–Trinajstić information content (AvgIpc) is 3.59. The van der Waals surface area contributed by atoms with E-state index in [0.717, 1.165) is 24.4 Å². The van der Waals surface area contributed by atoms with Gasteiger partial charge in [0.2, 0.25) is 5.79 Å². The number of imidazole rings is 1. The van der Waals surface area contributed by atoms with E-state index in [4.69, 9.17) is 37.4 Å². The van der Waals surface area contributed by atoms with E-state index >= 15 is 0 Å². The van der Waals surface area contributed by atoms with Crippen LogP contribution < -0.4 is 4.74 Å². The van der Waals surface area contributed by atoms with Crippen LogP contribution in [0.4, 0.5) is 0 Å². The number of hydrogen-bond acceptors (Lipinski definition) is 5. The lowest BCUT2D eigenvalue weighted by Gasteiger charge is -2.30. The highest BCUT2D eigenvalue weighted by Gasteiger charge is 2.45. The van der Waals surface area contributed by atoms with Crippen molar-refractivity contribution in [2.24, 2.45) is 0 Å². The molecule has 0 amide bonds. The molecular formula is C31H31Cl2N3O3. The number of ether oxygens (including phenoxy) is 3. The molecule has 0 saturated carbocycles. The van der Waals surface area contributed by atoms with Crippen molar-refractivity contribution >= 4 is 29.3 Å². The molecule has 202 valence electrons. The summed E-state index contributed by atoms with van der Waals surface area (Å²) in [7, 11) is 2.11. The Labute approximate surface area is 239 Å². The molecule has 1 saturated heterocycles. The third-order valence-electron chi connectivity index (χ3n) is 6.49. The summed E-state index contributed by atoms with van der Waals surface area (Å²) in [6.07, 6.45) is 9.35. The van der Waals surface area contributed by atoms with Gasteiger partial charge in [-0.25, -0.2) is 4.98 Å². The van der Waals surface area contributed by atoms with Crippen LogP contribution in [-0.2, 0) is 28.4 Å². The Balaban J connectivity index is 1.15. The van der Waals surface area contributed by atoms with Crippen molar-refractivity contribution in [2.45, 2.75) is 25.0 Å². The summed E-state index contributed by atoms with van der Waals surface area (Å²) in [6, 6.07) is 23.8. The Morgan fingerprint density at radius 3 is 2.67 bits per heavy atom. The molecule has 0 bridgehead atoms. The fourth-order valence-electron chi connectivity index (χ4n) is 4.56. The van der Waals surface area contributed by atoms with E-state index in [2.05, 4.69) is 53.3 Å². The van der Waals surface area contributed by atoms with Gasteiger partial charge in [0.15, 0.2) is 0 Å². The van der Waals surface area contributed by atoms with E-state index in [9.17, 15) is 0 Å². The second-order valence-corrected chi connectivity index (χ2v) is 10.5. The molecule has 0 radical (unpaired) electrons. The van der Waals surface area contributed by atoms with Gasteiger partial charge in [-0.2, -0.15) is 0 Å². The molecule has 0 spiro atoms. The molecule has 3 aromatic carbocycles. The van der Waals surface area contributed by atoms with Crippen molar-refractivity contribution in [3.8, 4) is 5.75 Å². The fourth-order valence-corrected chi connectivity index (χ4v) is 5.12. The number of benzene rings is 3. The first-order valence-corrected chi connectivity index (χ1v) is 13.6. The van der Waals surface area contributed by atoms with Crippen LogP contribution in [0.3, 0.4) is 0 Å². The van der Waals surface area contributed by atoms with E-state index < -0.39 is 5.79 Å². The Bertz CT molecular complexity index is 1360. The standard InChI is InChI=1S/C31H31Cl2N3O3/c1-35(16-5-8-24-6-3-2-4-7-24)19-25-9-12-27(13-10-25)37-20-28-21-38-31(39-28,22-36-17-15-34-23-36)29-14-11-26(32)18-30(29)33/h2-15,17-18,23,28H,16,19-22H2,1H3/b8-5+/t28-,31?/m0/s1. The first-order chi connectivity index (χ1) is 19.0. The zero-order valence-electron chi connectivity index (χ0n) is 21.8. The third kappa shape index (κ3) is 7.29. The number of nitrogens with zero attached hydrogens (tertiary/aromatic N) is 3. The molecule has 1 aliphatic rings. The predicted octanol–water partition coefficient (Wildman–Crippen LogP) is 6.68. The molecule has 2 heterocycles. The van der Waals surface area contributed by atoms with E-state index in [1.165, 1.54) is 11.1 Å². The topological polar surface area (TPSA) is 48.8 Å². The maximum atomic E-state index is 6.56. The normalized spacial score (nSPS) is 19.2. The minimum Gasteiger partial charge on any atom is -0.491 e. The molecule has 5 rings (SSSR count). The Morgan fingerprint density at radius 1 is 1.10 bits per heavy atom. The number of rotatable bonds is 11. The molecule has 1 aromatic heterocycles. The highest BCUT2D eigenvalue weighted by molar-refractivity contribution is 6.35. The maximum absolute atomic E-state index is 6.56. The quantitative estimate of drug-likeness (QED) is 0.203. The van der Waals surface area contributed by atoms with E-state index in [1.54, 1.807) is 24.7 Å². The van der Waals surface area contributed by atoms with Crippen LogP contribution >= 0.6 is 23.2 Å². The molecule has 1 aliphatic heterocycles. The van der Waals surface area contributed by atoms with Gasteiger partial charge in [-0.05, 0) is 42.4 Å². The number of likely N-dealkylation sites (N-methyl/N-ethyl adjacent to an activating group) is 1. The van der Waals surface area contributed by atoms with Gasteiger partial charge in [0.25, 0.3) is 0 Å². The van der Waals surface area contributed by atoms with Crippen molar-refractivity contribution in [3.63, 3.8) is 0 Å². The van der Waals surface area contributed by atoms with Gasteiger partial charge in [-0.15, -0.1) is 0 Å². The minimum absolute atomic E-state index is 0.275. The van der Waals surface area contributed by atoms with Crippen molar-refractivity contribution in [1.29, 1.82) is 0 Å². The van der Waals surface area contributed by atoms with Crippen LogP contribution in [0.5, 0.6) is 5.75 Å². The molecule has 4 aromatic rings. The SMILES string of the molecule is CN(C/C=C/c1ccccc1)Cc1ccc(OC[C@H]2COC(Cn3ccnc3)(c3ccc(Cl)cc3Cl)O2)cc1. The van der Waals surface area contributed by atoms with Crippen LogP contribution in [0.1, 0.15) is 16.7 Å². The first kappa shape index (κ1) is 27.4. The largest absolute Gasteiger partial charge is 0.491 e. The monoisotopic (exact) mass is 563 g/mol. The van der Waals surface area contributed by atoms with Crippen LogP contribution in [0.15, 0.2) is 97.6 Å². The van der Waals surface area contributed by atoms with Crippen LogP contribution in [-0.4, -0.2) is 47.4 Å². The van der Waals surface area contributed by atoms with Crippen LogP contribution in [0.2, 0.25) is 10.0 Å². The summed E-state index contributed by atoms with van der Waals surface area (Å²) in [5, 5.41) is 1.04. The summed E-state index contributed by atoms with van der Waals surface area (Å²) < 4.78 is 20.7. The molecule has 2 atom stereocenters. The Kier molecular flexibility index (Phi) is 9.02. The third-order valence-corrected chi connectivity index (χ3v) is 7.04. The van der Waals surface area contributed by atoms with E-state index in [-0.39, 0.29) is 6.10 Å². The molecule has 39 heavy (non-hydrogen) atoms. The van der Waals surface area contributed by atoms with Crippen molar-refractivity contribution < 1.29 is 14.2 Å². The maximum Gasteiger partial charge on any atom is 0.215 e. The molecular weight excluding hydrogens is 533 g/mol. The number of hydrogen-bond donors (Lipinski definition) is 0. The van der Waals surface area contributed by atoms with Crippen molar-refractivity contribution in [3.05, 3.63) is 124 Å². The van der Waals surface area contributed by atoms with Gasteiger partial charge in [0.1, 0.15) is 18.5 Å². The molecule has 1 fully saturated rings. The predicted molar refractivity (Wildman–Crippen MR) is 155 cm³/mol. The van der Waals surface area contributed by atoms with Crippen molar-refractivity contribution in [1.82, 2.24) is 14.5 Å². The van der Waals surface area contributed by atoms with Gasteiger partial charge in [0.05, 0.1) is 24.5 Å². The van der Waals surface area contributed by atoms with E-state index in [0.29, 0.717) is 29.8 Å². The summed E-state index contributed by atoms with van der Waals surface area (Å²) in [6.45, 7) is 2.82. The van der Waals surface area contributed by atoms with Crippen LogP contribution in [0, 0.1) is 0 Å². The van der Waals surface area contributed by atoms with Gasteiger partial charge >= 0.3 is 0 Å². The lowest BCUT2D eigenvalue weighted by molar-refractivity contribution is -0.189. The van der Waals surface area contributed by atoms with E-state index in [1.807, 2.05) is 47.2 Å². The zero-order valence-corrected chi connectivity index (χ0v) is 23.3. The minimum atomic E-state index is -1.07. The van der Waals surface area contributed by atoms with Gasteiger partial charge in [0, 0.05) is 36.1 Å². The van der Waals surface area contributed by atoms with Gasteiger partial charge in [-0.3, -0.25) is 4.90 Å². The highest BCUT2D eigenvalue weighted by Crippen LogP contribution is 2.40. The molecule has 1 unspecified atom stereocenters. The lowest BCUT2D eigenvalue weighted by Crippen LogP contribution is -2.34. The molecule has 8 heteroatoms. The fraction of sp³-hybridized carbons (Fsp3) is 0.258. The first-order valence-electron chi connectivity index (χ1n) is 12.8. The average molecular weight is 565 g/mol. The Morgan fingerprint density at radius 2 is 1.92 bits per heavy atom. The zero-order chi connectivity index (χ0) is 27.1. The summed E-state index contributed by atoms with van der Waals surface area (Å²) in [5.74, 6) is -0.287. The van der Waals surface area contributed by atoms with Crippen LogP contribution in [0.25, 0.3) is 6.08 Å². The number of aromatic nitrogens is 2. The van der Waals surface area contributed by atoms with Gasteiger partial charge < -0.3 is 18.8 Å².